The fourth-order valence-corrected chi connectivity index (χ4v) is 5.13. The first-order chi connectivity index (χ1) is 17.9. The van der Waals surface area contributed by atoms with Gasteiger partial charge in [-0.2, -0.15) is 22.8 Å². The van der Waals surface area contributed by atoms with E-state index in [1.54, 1.807) is 13.1 Å². The van der Waals surface area contributed by atoms with Gasteiger partial charge in [0.05, 0.1) is 30.7 Å². The van der Waals surface area contributed by atoms with E-state index in [0.29, 0.717) is 46.3 Å². The zero-order valence-electron chi connectivity index (χ0n) is 21.3. The molecule has 204 valence electrons. The van der Waals surface area contributed by atoms with Crippen LogP contribution in [-0.4, -0.2) is 88.2 Å². The normalized spacial score (nSPS) is 15.4. The Labute approximate surface area is 225 Å². The number of nitrogens with one attached hydrogen (secondary N) is 1. The predicted molar refractivity (Wildman–Crippen MR) is 143 cm³/mol. The lowest BCUT2D eigenvalue weighted by atomic mass is 10.1. The number of ether oxygens (including phenoxy) is 1. The summed E-state index contributed by atoms with van der Waals surface area (Å²) in [5.41, 5.74) is 7.68. The highest BCUT2D eigenvalue weighted by atomic mass is 35.5. The number of nitrogen functional groups attached to an aromatic ring is 1. The van der Waals surface area contributed by atoms with E-state index in [0.717, 1.165) is 23.7 Å². The van der Waals surface area contributed by atoms with Gasteiger partial charge in [0.1, 0.15) is 17.3 Å². The second-order valence-electron chi connectivity index (χ2n) is 8.78. The molecule has 3 aromatic heterocycles. The third kappa shape index (κ3) is 6.25. The van der Waals surface area contributed by atoms with Crippen LogP contribution in [-0.2, 0) is 15.0 Å². The van der Waals surface area contributed by atoms with Crippen LogP contribution in [0.1, 0.15) is 24.4 Å². The van der Waals surface area contributed by atoms with E-state index >= 15 is 0 Å². The molecule has 0 bridgehead atoms. The van der Waals surface area contributed by atoms with Gasteiger partial charge < -0.3 is 15.8 Å². The maximum atomic E-state index is 12.0. The number of nitrogens with two attached hydrogens (primary N) is 1. The Balaban J connectivity index is 1.77. The molecule has 16 heteroatoms. The summed E-state index contributed by atoms with van der Waals surface area (Å²) in [5, 5.41) is 4.16. The fraction of sp³-hybridized carbons (Fsp3) is 0.409. The van der Waals surface area contributed by atoms with Gasteiger partial charge in [-0.25, -0.2) is 20.0 Å². The molecule has 0 unspecified atom stereocenters. The number of hydrogen-bond donors (Lipinski definition) is 3. The Morgan fingerprint density at radius 2 is 1.87 bits per heavy atom. The molecule has 1 fully saturated rings. The topological polar surface area (TPSA) is 176 Å². The Bertz CT molecular complexity index is 1400. The number of halogens is 1. The van der Waals surface area contributed by atoms with Crippen molar-refractivity contribution in [3.63, 3.8) is 0 Å². The molecular formula is C22H29ClN10O4S. The zero-order valence-corrected chi connectivity index (χ0v) is 22.9. The molecule has 14 nitrogen and oxygen atoms in total. The molecule has 4 N–H and O–H groups in total. The fourth-order valence-electron chi connectivity index (χ4n) is 4.10. The van der Waals surface area contributed by atoms with E-state index in [1.807, 2.05) is 6.07 Å². The van der Waals surface area contributed by atoms with Crippen molar-refractivity contribution in [1.29, 1.82) is 0 Å². The zero-order chi connectivity index (χ0) is 27.6. The largest absolute Gasteiger partial charge is 0.379 e. The molecule has 0 amide bonds. The van der Waals surface area contributed by atoms with E-state index in [1.165, 1.54) is 26.4 Å². The molecule has 3 aromatic rings. The summed E-state index contributed by atoms with van der Waals surface area (Å²) < 4.78 is 39.8. The van der Waals surface area contributed by atoms with Gasteiger partial charge in [-0.3, -0.25) is 9.45 Å². The highest BCUT2D eigenvalue weighted by Gasteiger charge is 2.26. The molecule has 0 spiro atoms. The van der Waals surface area contributed by atoms with Crippen LogP contribution in [0.4, 0.5) is 23.1 Å². The van der Waals surface area contributed by atoms with Crippen LogP contribution in [0.2, 0.25) is 5.15 Å². The van der Waals surface area contributed by atoms with Crippen LogP contribution in [0.3, 0.4) is 0 Å². The van der Waals surface area contributed by atoms with Crippen molar-refractivity contribution in [2.75, 3.05) is 55.9 Å². The molecule has 1 atom stereocenters. The summed E-state index contributed by atoms with van der Waals surface area (Å²) >= 11 is 6.18. The lowest BCUT2D eigenvalue weighted by Crippen LogP contribution is -2.41. The number of pyridine rings is 2. The number of nitrogens with zero attached hydrogens (tertiary/aromatic N) is 8. The van der Waals surface area contributed by atoms with E-state index < -0.39 is 10.3 Å². The second kappa shape index (κ2) is 11.3. The van der Waals surface area contributed by atoms with Crippen LogP contribution in [0.5, 0.6) is 0 Å². The first-order valence-electron chi connectivity index (χ1n) is 11.6. The molecule has 4 rings (SSSR count). The Morgan fingerprint density at radius 1 is 1.16 bits per heavy atom. The van der Waals surface area contributed by atoms with Crippen LogP contribution in [0.25, 0.3) is 11.4 Å². The Hall–Kier alpha value is -3.21. The van der Waals surface area contributed by atoms with E-state index in [4.69, 9.17) is 22.1 Å². The summed E-state index contributed by atoms with van der Waals surface area (Å²) in [5.74, 6) is 1.19. The second-order valence-corrected chi connectivity index (χ2v) is 10.4. The number of morpholine rings is 1. The molecule has 0 aromatic carbocycles. The highest BCUT2D eigenvalue weighted by Crippen LogP contribution is 2.34. The lowest BCUT2D eigenvalue weighted by Gasteiger charge is -2.32. The summed E-state index contributed by atoms with van der Waals surface area (Å²) in [6.45, 7) is 6.71. The third-order valence-electron chi connectivity index (χ3n) is 5.86. The molecule has 0 aliphatic carbocycles. The van der Waals surface area contributed by atoms with Gasteiger partial charge in [-0.05, 0) is 31.5 Å². The number of aryl methyl sites for hydroxylation is 1. The van der Waals surface area contributed by atoms with Crippen molar-refractivity contribution < 1.29 is 17.7 Å². The Kier molecular flexibility index (Phi) is 8.25. The molecule has 1 saturated heterocycles. The maximum absolute atomic E-state index is 12.0. The summed E-state index contributed by atoms with van der Waals surface area (Å²) in [6.07, 6.45) is 3.16. The van der Waals surface area contributed by atoms with Gasteiger partial charge in [0.15, 0.2) is 11.0 Å². The van der Waals surface area contributed by atoms with E-state index in [9.17, 15) is 13.0 Å². The van der Waals surface area contributed by atoms with Crippen LogP contribution in [0, 0.1) is 6.92 Å². The van der Waals surface area contributed by atoms with Crippen molar-refractivity contribution >= 4 is 45.0 Å². The predicted octanol–water partition coefficient (Wildman–Crippen LogP) is 2.10. The highest BCUT2D eigenvalue weighted by molar-refractivity contribution is 7.87. The van der Waals surface area contributed by atoms with E-state index in [2.05, 4.69) is 42.1 Å². The average molecular weight is 565 g/mol. The number of hydrogen-bond acceptors (Lipinski definition) is 12. The summed E-state index contributed by atoms with van der Waals surface area (Å²) in [4.78, 5) is 23.9. The minimum absolute atomic E-state index is 0.0479. The molecule has 1 aliphatic heterocycles. The van der Waals surface area contributed by atoms with Crippen molar-refractivity contribution in [1.82, 2.24) is 34.8 Å². The standard InChI is InChI=1S/C22H29ClN10O4S/c1-13(32-5-7-37-8-6-32)15-9-17(21-27-14(2)28-22(24)30-21)20(26-11-15)29-16-10-18(19(23)25-12-16)33(31(3)4)38(34,35)36/h9-13H,5-8H2,1-4H3,(H,26,29)(H,34,35,36)(H2,24,27,28,30)/t13-/m0/s1. The van der Waals surface area contributed by atoms with Gasteiger partial charge >= 0.3 is 10.3 Å². The van der Waals surface area contributed by atoms with Crippen molar-refractivity contribution in [2.24, 2.45) is 0 Å². The van der Waals surface area contributed by atoms with Crippen molar-refractivity contribution in [3.05, 3.63) is 41.1 Å². The average Bonchev–Trinajstić information content (AvgIpc) is 2.84. The molecule has 0 radical (unpaired) electrons. The third-order valence-corrected chi connectivity index (χ3v) is 7.11. The number of anilines is 4. The SMILES string of the molecule is Cc1nc(N)nc(-c2cc([C@H](C)N3CCOCC3)cnc2Nc2cnc(Cl)c(N(N(C)C)S(=O)(=O)O)c2)n1. The smallest absolute Gasteiger partial charge is 0.373 e. The molecular weight excluding hydrogens is 536 g/mol. The van der Waals surface area contributed by atoms with Crippen LogP contribution >= 0.6 is 11.6 Å². The van der Waals surface area contributed by atoms with Gasteiger partial charge in [-0.15, -0.1) is 0 Å². The minimum Gasteiger partial charge on any atom is -0.379 e. The number of hydrazine groups is 1. The molecule has 38 heavy (non-hydrogen) atoms. The van der Waals surface area contributed by atoms with Crippen LogP contribution < -0.4 is 15.5 Å². The first-order valence-corrected chi connectivity index (χ1v) is 13.4. The quantitative estimate of drug-likeness (QED) is 0.206. The van der Waals surface area contributed by atoms with E-state index in [-0.39, 0.29) is 22.8 Å². The lowest BCUT2D eigenvalue weighted by molar-refractivity contribution is 0.0198. The molecule has 4 heterocycles. The van der Waals surface area contributed by atoms with Gasteiger partial charge in [0.25, 0.3) is 0 Å². The van der Waals surface area contributed by atoms with Gasteiger partial charge in [0.2, 0.25) is 5.95 Å². The van der Waals surface area contributed by atoms with Crippen molar-refractivity contribution in [3.8, 4) is 11.4 Å². The number of aromatic nitrogens is 5. The monoisotopic (exact) mass is 564 g/mol. The minimum atomic E-state index is -4.68. The molecule has 0 saturated carbocycles. The van der Waals surface area contributed by atoms with Gasteiger partial charge in [-0.1, -0.05) is 11.6 Å². The van der Waals surface area contributed by atoms with Gasteiger partial charge in [0, 0.05) is 39.4 Å². The summed E-state index contributed by atoms with van der Waals surface area (Å²) in [7, 11) is -1.81. The first kappa shape index (κ1) is 27.8. The maximum Gasteiger partial charge on any atom is 0.373 e. The van der Waals surface area contributed by atoms with Crippen molar-refractivity contribution in [2.45, 2.75) is 19.9 Å². The number of rotatable bonds is 8. The Morgan fingerprint density at radius 3 is 2.50 bits per heavy atom. The molecule has 1 aliphatic rings. The van der Waals surface area contributed by atoms with Crippen LogP contribution in [0.15, 0.2) is 24.5 Å². The summed E-state index contributed by atoms with van der Waals surface area (Å²) in [6, 6.07) is 3.40.